The lowest BCUT2D eigenvalue weighted by Gasteiger charge is -2.25. The van der Waals surface area contributed by atoms with Crippen molar-refractivity contribution in [1.29, 1.82) is 5.26 Å². The highest BCUT2D eigenvalue weighted by atomic mass is 16.5. The zero-order valence-corrected chi connectivity index (χ0v) is 10.8. The van der Waals surface area contributed by atoms with E-state index < -0.39 is 11.4 Å². The number of carbonyl (C=O) groups excluding carboxylic acids is 1. The molecule has 1 aromatic carbocycles. The second-order valence-corrected chi connectivity index (χ2v) is 4.75. The van der Waals surface area contributed by atoms with E-state index in [0.717, 1.165) is 11.3 Å². The van der Waals surface area contributed by atoms with Crippen LogP contribution in [0.4, 0.5) is 5.69 Å². The molecule has 0 saturated heterocycles. The molecule has 0 spiro atoms. The fraction of sp³-hybridized carbons (Fsp3) is 0.429. The summed E-state index contributed by atoms with van der Waals surface area (Å²) in [5.41, 5.74) is 0.489. The molecule has 0 radical (unpaired) electrons. The van der Waals surface area contributed by atoms with Crippen molar-refractivity contribution in [1.82, 2.24) is 0 Å². The van der Waals surface area contributed by atoms with E-state index in [1.807, 2.05) is 38.1 Å². The topological polar surface area (TPSA) is 53.3 Å². The monoisotopic (exact) mass is 244 g/mol. The van der Waals surface area contributed by atoms with Crippen LogP contribution in [0.15, 0.2) is 24.3 Å². The maximum Gasteiger partial charge on any atom is 0.332 e. The van der Waals surface area contributed by atoms with Crippen LogP contribution in [-0.2, 0) is 14.9 Å². The SMILES string of the molecule is COC(=O)C1(C#N)CN(C(C)C)c2ccccc21. The predicted octanol–water partition coefficient (Wildman–Crippen LogP) is 1.85. The van der Waals surface area contributed by atoms with E-state index in [4.69, 9.17) is 4.74 Å². The van der Waals surface area contributed by atoms with Gasteiger partial charge in [-0.2, -0.15) is 5.26 Å². The molecular formula is C14H16N2O2. The minimum Gasteiger partial charge on any atom is -0.468 e. The lowest BCUT2D eigenvalue weighted by Crippen LogP contribution is -2.42. The third kappa shape index (κ3) is 1.55. The fourth-order valence-electron chi connectivity index (χ4n) is 2.46. The van der Waals surface area contributed by atoms with Crippen LogP contribution in [0.1, 0.15) is 19.4 Å². The number of benzene rings is 1. The number of methoxy groups -OCH3 is 1. The number of hydrogen-bond acceptors (Lipinski definition) is 4. The zero-order chi connectivity index (χ0) is 13.3. The molecule has 0 aromatic heterocycles. The molecule has 94 valence electrons. The van der Waals surface area contributed by atoms with Gasteiger partial charge in [0.15, 0.2) is 5.41 Å². The Bertz CT molecular complexity index is 519. The molecule has 18 heavy (non-hydrogen) atoms. The number of hydrogen-bond donors (Lipinski definition) is 0. The fourth-order valence-corrected chi connectivity index (χ4v) is 2.46. The van der Waals surface area contributed by atoms with Gasteiger partial charge in [-0.05, 0) is 19.9 Å². The van der Waals surface area contributed by atoms with Crippen LogP contribution in [0.3, 0.4) is 0 Å². The van der Waals surface area contributed by atoms with Crippen LogP contribution in [0.5, 0.6) is 0 Å². The molecule has 0 N–H and O–H groups in total. The second-order valence-electron chi connectivity index (χ2n) is 4.75. The normalized spacial score (nSPS) is 21.6. The minimum atomic E-state index is -1.20. The molecule has 1 heterocycles. The molecule has 0 bridgehead atoms. The van der Waals surface area contributed by atoms with E-state index in [1.54, 1.807) is 0 Å². The molecule has 0 fully saturated rings. The number of anilines is 1. The number of nitrogens with zero attached hydrogens (tertiary/aromatic N) is 2. The number of nitriles is 1. The van der Waals surface area contributed by atoms with Crippen LogP contribution in [-0.4, -0.2) is 25.7 Å². The van der Waals surface area contributed by atoms with Gasteiger partial charge in [-0.15, -0.1) is 0 Å². The van der Waals surface area contributed by atoms with Crippen LogP contribution in [0.25, 0.3) is 0 Å². The van der Waals surface area contributed by atoms with Crippen LogP contribution >= 0.6 is 0 Å². The summed E-state index contributed by atoms with van der Waals surface area (Å²) in [5, 5.41) is 9.49. The van der Waals surface area contributed by atoms with Crippen molar-refractivity contribution >= 4 is 11.7 Å². The van der Waals surface area contributed by atoms with Crippen molar-refractivity contribution in [3.8, 4) is 6.07 Å². The first-order chi connectivity index (χ1) is 8.56. The molecular weight excluding hydrogens is 228 g/mol. The third-order valence-corrected chi connectivity index (χ3v) is 3.43. The van der Waals surface area contributed by atoms with Gasteiger partial charge in [0.25, 0.3) is 0 Å². The Morgan fingerprint density at radius 3 is 2.72 bits per heavy atom. The number of fused-ring (bicyclic) bond motifs is 1. The molecule has 1 atom stereocenters. The van der Waals surface area contributed by atoms with Crippen molar-refractivity contribution in [2.45, 2.75) is 25.3 Å². The molecule has 0 amide bonds. The summed E-state index contributed by atoms with van der Waals surface area (Å²) in [5.74, 6) is -0.486. The number of carbonyl (C=O) groups is 1. The summed E-state index contributed by atoms with van der Waals surface area (Å²) in [4.78, 5) is 14.1. The van der Waals surface area contributed by atoms with Gasteiger partial charge in [0, 0.05) is 17.3 Å². The Labute approximate surface area is 107 Å². The molecule has 2 rings (SSSR count). The van der Waals surface area contributed by atoms with Crippen molar-refractivity contribution in [2.24, 2.45) is 0 Å². The van der Waals surface area contributed by atoms with Crippen molar-refractivity contribution < 1.29 is 9.53 Å². The lowest BCUT2D eigenvalue weighted by molar-refractivity contribution is -0.144. The van der Waals surface area contributed by atoms with Gasteiger partial charge in [-0.1, -0.05) is 18.2 Å². The minimum absolute atomic E-state index is 0.228. The highest BCUT2D eigenvalue weighted by Crippen LogP contribution is 2.42. The van der Waals surface area contributed by atoms with E-state index >= 15 is 0 Å². The summed E-state index contributed by atoms with van der Waals surface area (Å²) in [6.45, 7) is 4.44. The molecule has 1 unspecified atom stereocenters. The van der Waals surface area contributed by atoms with Crippen molar-refractivity contribution in [3.05, 3.63) is 29.8 Å². The maximum atomic E-state index is 12.0. The summed E-state index contributed by atoms with van der Waals surface area (Å²) >= 11 is 0. The van der Waals surface area contributed by atoms with E-state index in [0.29, 0.717) is 6.54 Å². The third-order valence-electron chi connectivity index (χ3n) is 3.43. The van der Waals surface area contributed by atoms with Crippen molar-refractivity contribution in [3.63, 3.8) is 0 Å². The largest absolute Gasteiger partial charge is 0.468 e. The number of ether oxygens (including phenoxy) is 1. The van der Waals surface area contributed by atoms with Gasteiger partial charge in [0.1, 0.15) is 0 Å². The number of rotatable bonds is 2. The molecule has 0 aliphatic carbocycles. The van der Waals surface area contributed by atoms with Gasteiger partial charge >= 0.3 is 5.97 Å². The van der Waals surface area contributed by atoms with Gasteiger partial charge < -0.3 is 9.64 Å². The Hall–Kier alpha value is -2.02. The Kier molecular flexibility index (Phi) is 3.00. The van der Waals surface area contributed by atoms with Crippen LogP contribution in [0, 0.1) is 11.3 Å². The zero-order valence-electron chi connectivity index (χ0n) is 10.8. The smallest absolute Gasteiger partial charge is 0.332 e. The molecule has 1 aromatic rings. The Balaban J connectivity index is 2.61. The molecule has 4 heteroatoms. The van der Waals surface area contributed by atoms with E-state index in [2.05, 4.69) is 11.0 Å². The summed E-state index contributed by atoms with van der Waals surface area (Å²) in [6, 6.07) is 9.91. The summed E-state index contributed by atoms with van der Waals surface area (Å²) in [7, 11) is 1.32. The Morgan fingerprint density at radius 1 is 1.50 bits per heavy atom. The lowest BCUT2D eigenvalue weighted by atomic mass is 9.84. The summed E-state index contributed by atoms with van der Waals surface area (Å²) in [6.07, 6.45) is 0. The molecule has 1 aliphatic heterocycles. The molecule has 1 aliphatic rings. The van der Waals surface area contributed by atoms with Gasteiger partial charge in [-0.25, -0.2) is 4.79 Å². The van der Waals surface area contributed by atoms with E-state index in [1.165, 1.54) is 7.11 Å². The van der Waals surface area contributed by atoms with E-state index in [-0.39, 0.29) is 6.04 Å². The van der Waals surface area contributed by atoms with Crippen LogP contribution in [0.2, 0.25) is 0 Å². The van der Waals surface area contributed by atoms with E-state index in [9.17, 15) is 10.1 Å². The average molecular weight is 244 g/mol. The quantitative estimate of drug-likeness (QED) is 0.745. The summed E-state index contributed by atoms with van der Waals surface area (Å²) < 4.78 is 4.83. The maximum absolute atomic E-state index is 12.0. The van der Waals surface area contributed by atoms with Gasteiger partial charge in [0.05, 0.1) is 19.7 Å². The first-order valence-corrected chi connectivity index (χ1v) is 5.92. The van der Waals surface area contributed by atoms with Gasteiger partial charge in [0.2, 0.25) is 0 Å². The van der Waals surface area contributed by atoms with Gasteiger partial charge in [-0.3, -0.25) is 0 Å². The highest BCUT2D eigenvalue weighted by molar-refractivity contribution is 5.92. The highest BCUT2D eigenvalue weighted by Gasteiger charge is 2.50. The molecule has 4 nitrogen and oxygen atoms in total. The number of para-hydroxylation sites is 1. The van der Waals surface area contributed by atoms with Crippen LogP contribution < -0.4 is 4.90 Å². The second kappa shape index (κ2) is 4.34. The predicted molar refractivity (Wildman–Crippen MR) is 68.2 cm³/mol. The van der Waals surface area contributed by atoms with Crippen molar-refractivity contribution in [2.75, 3.05) is 18.6 Å². The first-order valence-electron chi connectivity index (χ1n) is 5.92. The number of esters is 1. The molecule has 0 saturated carbocycles. The standard InChI is InChI=1S/C14H16N2O2/c1-10(2)16-9-14(8-15,13(17)18-3)11-6-4-5-7-12(11)16/h4-7,10H,9H2,1-3H3. The first kappa shape index (κ1) is 12.4. The Morgan fingerprint density at radius 2 is 2.17 bits per heavy atom. The average Bonchev–Trinajstić information content (AvgIpc) is 2.74.